The molecule has 0 aliphatic rings. The van der Waals surface area contributed by atoms with E-state index in [1.807, 2.05) is 30.3 Å². The molecule has 0 aliphatic heterocycles. The normalized spacial score (nSPS) is 12.7. The zero-order valence-electron chi connectivity index (χ0n) is 10.9. The third kappa shape index (κ3) is 3.02. The molecule has 102 valence electrons. The fraction of sp³-hybridized carbons (Fsp3) is 0.188. The molecule has 0 radical (unpaired) electrons. The molecule has 3 rings (SSSR count). The number of benzene rings is 2. The Morgan fingerprint density at radius 3 is 2.55 bits per heavy atom. The minimum absolute atomic E-state index is 0.402. The maximum atomic E-state index is 5.73. The Balaban J connectivity index is 1.71. The topological polar surface area (TPSA) is 26.0 Å². The zero-order valence-corrected chi connectivity index (χ0v) is 12.6. The maximum absolute atomic E-state index is 5.73. The van der Waals surface area contributed by atoms with Gasteiger partial charge in [-0.05, 0) is 23.4 Å². The van der Waals surface area contributed by atoms with Crippen LogP contribution in [0.2, 0.25) is 0 Å². The molecule has 4 heteroatoms. The van der Waals surface area contributed by atoms with Crippen LogP contribution in [0.4, 0.5) is 0 Å². The molecule has 0 saturated carbocycles. The van der Waals surface area contributed by atoms with Crippen LogP contribution in [0.1, 0.15) is 11.5 Å². The van der Waals surface area contributed by atoms with Crippen LogP contribution in [0.15, 0.2) is 64.2 Å². The molecule has 0 aliphatic carbocycles. The molecule has 0 amide bonds. The van der Waals surface area contributed by atoms with Crippen molar-refractivity contribution in [3.05, 3.63) is 60.2 Å². The second-order valence-electron chi connectivity index (χ2n) is 4.55. The summed E-state index contributed by atoms with van der Waals surface area (Å²) in [6.45, 7) is 0. The van der Waals surface area contributed by atoms with E-state index >= 15 is 0 Å². The van der Waals surface area contributed by atoms with E-state index < -0.39 is 0 Å². The number of aromatic nitrogens is 1. The van der Waals surface area contributed by atoms with E-state index in [9.17, 15) is 0 Å². The highest BCUT2D eigenvalue weighted by atomic mass is 32.2. The second kappa shape index (κ2) is 6.37. The number of oxazole rings is 1. The summed E-state index contributed by atoms with van der Waals surface area (Å²) >= 11 is 6.11. The van der Waals surface area contributed by atoms with Gasteiger partial charge in [-0.3, -0.25) is 0 Å². The fourth-order valence-electron chi connectivity index (χ4n) is 2.06. The van der Waals surface area contributed by atoms with Crippen molar-refractivity contribution in [3.8, 4) is 0 Å². The van der Waals surface area contributed by atoms with Crippen molar-refractivity contribution < 1.29 is 4.42 Å². The monoisotopic (exact) mass is 301 g/mol. The molecule has 2 nitrogen and oxygen atoms in total. The lowest BCUT2D eigenvalue weighted by molar-refractivity contribution is 0.489. The van der Waals surface area contributed by atoms with Crippen LogP contribution < -0.4 is 0 Å². The largest absolute Gasteiger partial charge is 0.431 e. The number of rotatable bonds is 5. The number of para-hydroxylation sites is 2. The van der Waals surface area contributed by atoms with Crippen molar-refractivity contribution in [1.82, 2.24) is 4.98 Å². The molecule has 1 heterocycles. The molecular weight excluding hydrogens is 286 g/mol. The minimum Gasteiger partial charge on any atom is -0.431 e. The Kier molecular flexibility index (Phi) is 4.33. The summed E-state index contributed by atoms with van der Waals surface area (Å²) < 4.78 is 5.73. The minimum atomic E-state index is 0.402. The van der Waals surface area contributed by atoms with Crippen LogP contribution in [0.3, 0.4) is 0 Å². The average Bonchev–Trinajstić information content (AvgIpc) is 2.92. The fourth-order valence-corrected chi connectivity index (χ4v) is 3.54. The zero-order chi connectivity index (χ0) is 13.8. The van der Waals surface area contributed by atoms with Gasteiger partial charge in [-0.2, -0.15) is 12.6 Å². The SMILES string of the molecule is SCC(CSc1nc2ccccc2o1)c1ccccc1. The lowest BCUT2D eigenvalue weighted by Crippen LogP contribution is -2.03. The smallest absolute Gasteiger partial charge is 0.256 e. The standard InChI is InChI=1S/C16H15NOS2/c19-10-13(12-6-2-1-3-7-12)11-20-16-17-14-8-4-5-9-15(14)18-16/h1-9,13,19H,10-11H2. The van der Waals surface area contributed by atoms with E-state index in [0.717, 1.165) is 27.8 Å². The van der Waals surface area contributed by atoms with Crippen molar-refractivity contribution >= 4 is 35.5 Å². The first kappa shape index (κ1) is 13.6. The molecule has 2 aromatic carbocycles. The van der Waals surface area contributed by atoms with Gasteiger partial charge in [0.1, 0.15) is 5.52 Å². The molecule has 0 spiro atoms. The van der Waals surface area contributed by atoms with E-state index in [1.165, 1.54) is 5.56 Å². The van der Waals surface area contributed by atoms with Crippen LogP contribution in [0.25, 0.3) is 11.1 Å². The summed E-state index contributed by atoms with van der Waals surface area (Å²) in [7, 11) is 0. The molecule has 0 N–H and O–H groups in total. The van der Waals surface area contributed by atoms with Crippen LogP contribution in [-0.4, -0.2) is 16.5 Å². The van der Waals surface area contributed by atoms with Crippen molar-refractivity contribution in [2.75, 3.05) is 11.5 Å². The molecule has 1 unspecified atom stereocenters. The van der Waals surface area contributed by atoms with Gasteiger partial charge in [-0.25, -0.2) is 4.98 Å². The number of thiol groups is 1. The molecule has 0 saturated heterocycles. The van der Waals surface area contributed by atoms with Gasteiger partial charge < -0.3 is 4.42 Å². The van der Waals surface area contributed by atoms with Crippen LogP contribution in [0, 0.1) is 0 Å². The molecule has 1 atom stereocenters. The molecule has 3 aromatic rings. The Morgan fingerprint density at radius 2 is 1.80 bits per heavy atom. The van der Waals surface area contributed by atoms with Gasteiger partial charge in [0, 0.05) is 11.7 Å². The van der Waals surface area contributed by atoms with Crippen molar-refractivity contribution in [2.24, 2.45) is 0 Å². The van der Waals surface area contributed by atoms with E-state index in [4.69, 9.17) is 4.42 Å². The van der Waals surface area contributed by atoms with E-state index in [-0.39, 0.29) is 0 Å². The van der Waals surface area contributed by atoms with Gasteiger partial charge in [-0.15, -0.1) is 0 Å². The Morgan fingerprint density at radius 1 is 1.05 bits per heavy atom. The maximum Gasteiger partial charge on any atom is 0.256 e. The first-order chi connectivity index (χ1) is 9.86. The summed E-state index contributed by atoms with van der Waals surface area (Å²) in [5.41, 5.74) is 3.07. The Labute approximate surface area is 128 Å². The predicted molar refractivity (Wildman–Crippen MR) is 87.8 cm³/mol. The average molecular weight is 301 g/mol. The molecule has 0 bridgehead atoms. The first-order valence-corrected chi connectivity index (χ1v) is 8.13. The Hall–Kier alpha value is -1.39. The quantitative estimate of drug-likeness (QED) is 0.549. The summed E-state index contributed by atoms with van der Waals surface area (Å²) in [6.07, 6.45) is 0. The van der Waals surface area contributed by atoms with Gasteiger partial charge in [0.2, 0.25) is 0 Å². The summed E-state index contributed by atoms with van der Waals surface area (Å²) in [5, 5.41) is 0.730. The molecule has 1 aromatic heterocycles. The molecular formula is C16H15NOS2. The highest BCUT2D eigenvalue weighted by Crippen LogP contribution is 2.28. The number of hydrogen-bond acceptors (Lipinski definition) is 4. The van der Waals surface area contributed by atoms with Gasteiger partial charge in [-0.1, -0.05) is 54.2 Å². The number of fused-ring (bicyclic) bond motifs is 1. The first-order valence-electron chi connectivity index (χ1n) is 6.51. The lowest BCUT2D eigenvalue weighted by Gasteiger charge is -2.12. The van der Waals surface area contributed by atoms with Gasteiger partial charge >= 0.3 is 0 Å². The highest BCUT2D eigenvalue weighted by molar-refractivity contribution is 7.99. The van der Waals surface area contributed by atoms with Crippen LogP contribution in [-0.2, 0) is 0 Å². The molecule has 20 heavy (non-hydrogen) atoms. The van der Waals surface area contributed by atoms with Crippen molar-refractivity contribution in [2.45, 2.75) is 11.1 Å². The van der Waals surface area contributed by atoms with E-state index in [1.54, 1.807) is 11.8 Å². The van der Waals surface area contributed by atoms with Crippen molar-refractivity contribution in [1.29, 1.82) is 0 Å². The predicted octanol–water partition coefficient (Wildman–Crippen LogP) is 4.63. The van der Waals surface area contributed by atoms with Crippen LogP contribution >= 0.6 is 24.4 Å². The lowest BCUT2D eigenvalue weighted by atomic mass is 10.0. The summed E-state index contributed by atoms with van der Waals surface area (Å²) in [5.74, 6) is 2.14. The summed E-state index contributed by atoms with van der Waals surface area (Å²) in [6, 6.07) is 18.3. The summed E-state index contributed by atoms with van der Waals surface area (Å²) in [4.78, 5) is 4.48. The number of thioether (sulfide) groups is 1. The third-order valence-corrected chi connectivity index (χ3v) is 4.60. The second-order valence-corrected chi connectivity index (χ2v) is 5.89. The van der Waals surface area contributed by atoms with Gasteiger partial charge in [0.05, 0.1) is 0 Å². The van der Waals surface area contributed by atoms with E-state index in [0.29, 0.717) is 5.92 Å². The number of nitrogens with zero attached hydrogens (tertiary/aromatic N) is 1. The van der Waals surface area contributed by atoms with Crippen LogP contribution in [0.5, 0.6) is 0 Å². The van der Waals surface area contributed by atoms with Gasteiger partial charge in [0.25, 0.3) is 5.22 Å². The number of hydrogen-bond donors (Lipinski definition) is 1. The highest BCUT2D eigenvalue weighted by Gasteiger charge is 2.12. The van der Waals surface area contributed by atoms with Crippen molar-refractivity contribution in [3.63, 3.8) is 0 Å². The van der Waals surface area contributed by atoms with Gasteiger partial charge in [0.15, 0.2) is 5.58 Å². The third-order valence-electron chi connectivity index (χ3n) is 3.17. The Bertz CT molecular complexity index is 648. The van der Waals surface area contributed by atoms with E-state index in [2.05, 4.69) is 41.9 Å². The molecule has 0 fully saturated rings.